The lowest BCUT2D eigenvalue weighted by Gasteiger charge is -2.36. The first-order valence-electron chi connectivity index (χ1n) is 14.2. The van der Waals surface area contributed by atoms with Crippen molar-refractivity contribution in [3.05, 3.63) is 59.1 Å². The molecule has 0 unspecified atom stereocenters. The second-order valence-corrected chi connectivity index (χ2v) is 17.5. The fourth-order valence-electron chi connectivity index (χ4n) is 4.30. The SMILES string of the molecule is CN1CCCN(CC(=O)Nc2cc(Nc3cc(-c4cc(Cl)ccc4F)nnc3CO[Si](C)(C)C(C)(C)C)ccn2)CC1. The van der Waals surface area contributed by atoms with Crippen LogP contribution in [0.15, 0.2) is 42.6 Å². The fraction of sp³-hybridized carbons (Fsp3) is 0.467. The van der Waals surface area contributed by atoms with Crippen molar-refractivity contribution < 1.29 is 13.6 Å². The van der Waals surface area contributed by atoms with Gasteiger partial charge in [0.05, 0.1) is 24.5 Å². The van der Waals surface area contributed by atoms with Crippen molar-refractivity contribution >= 4 is 43.0 Å². The van der Waals surface area contributed by atoms with Gasteiger partial charge in [0.1, 0.15) is 17.3 Å². The monoisotopic (exact) mass is 613 g/mol. The maximum Gasteiger partial charge on any atom is 0.239 e. The van der Waals surface area contributed by atoms with Gasteiger partial charge in [-0.05, 0) is 75.0 Å². The fourth-order valence-corrected chi connectivity index (χ4v) is 5.40. The Kier molecular flexibility index (Phi) is 10.3. The standard InChI is InChI=1S/C30H41ClFN7O2Si/c1-30(2,3)42(5,6)41-20-27-26(18-25(36-37-27)23-16-21(31)8-9-24(23)32)34-22-10-11-33-28(17-22)35-29(40)19-39-13-7-12-38(4)14-15-39/h8-11,16-18H,7,12-15,19-20H2,1-6H3,(H2,33,34,35,36,40). The maximum atomic E-state index is 14.7. The molecule has 12 heteroatoms. The molecule has 0 atom stereocenters. The topological polar surface area (TPSA) is 95.5 Å². The van der Waals surface area contributed by atoms with E-state index in [9.17, 15) is 9.18 Å². The molecule has 2 N–H and O–H groups in total. The molecule has 3 heterocycles. The molecular weight excluding hydrogens is 573 g/mol. The van der Waals surface area contributed by atoms with Crippen LogP contribution in [0.2, 0.25) is 23.2 Å². The molecule has 2 aromatic heterocycles. The highest BCUT2D eigenvalue weighted by molar-refractivity contribution is 6.74. The van der Waals surface area contributed by atoms with E-state index in [1.807, 2.05) is 0 Å². The predicted molar refractivity (Wildman–Crippen MR) is 169 cm³/mol. The van der Waals surface area contributed by atoms with Crippen molar-refractivity contribution in [2.24, 2.45) is 0 Å². The van der Waals surface area contributed by atoms with Gasteiger partial charge in [0, 0.05) is 41.6 Å². The lowest BCUT2D eigenvalue weighted by Crippen LogP contribution is -2.40. The summed E-state index contributed by atoms with van der Waals surface area (Å²) in [5.41, 5.74) is 2.45. The Morgan fingerprint density at radius 2 is 1.88 bits per heavy atom. The molecule has 4 rings (SSSR count). The van der Waals surface area contributed by atoms with E-state index >= 15 is 0 Å². The van der Waals surface area contributed by atoms with Crippen LogP contribution in [0, 0.1) is 5.82 Å². The van der Waals surface area contributed by atoms with Crippen molar-refractivity contribution in [2.45, 2.75) is 51.9 Å². The van der Waals surface area contributed by atoms with Crippen LogP contribution in [0.4, 0.5) is 21.6 Å². The van der Waals surface area contributed by atoms with E-state index < -0.39 is 14.1 Å². The van der Waals surface area contributed by atoms with E-state index in [1.54, 1.807) is 24.4 Å². The van der Waals surface area contributed by atoms with Gasteiger partial charge >= 0.3 is 0 Å². The van der Waals surface area contributed by atoms with E-state index in [2.05, 4.69) is 76.5 Å². The number of anilines is 3. The Bertz CT molecular complexity index is 1400. The molecule has 1 saturated heterocycles. The van der Waals surface area contributed by atoms with Gasteiger partial charge in [0.25, 0.3) is 0 Å². The molecule has 1 fully saturated rings. The minimum absolute atomic E-state index is 0.0132. The smallest absolute Gasteiger partial charge is 0.239 e. The van der Waals surface area contributed by atoms with Crippen molar-refractivity contribution in [3.63, 3.8) is 0 Å². The molecule has 0 spiro atoms. The minimum Gasteiger partial charge on any atom is -0.411 e. The molecule has 226 valence electrons. The molecule has 3 aromatic rings. The molecule has 1 amide bonds. The summed E-state index contributed by atoms with van der Waals surface area (Å²) in [6, 6.07) is 9.61. The first kappa shape index (κ1) is 32.0. The lowest BCUT2D eigenvalue weighted by molar-refractivity contribution is -0.117. The zero-order chi connectivity index (χ0) is 30.5. The number of hydrogen-bond acceptors (Lipinski definition) is 8. The van der Waals surface area contributed by atoms with Crippen LogP contribution >= 0.6 is 11.6 Å². The molecule has 0 bridgehead atoms. The minimum atomic E-state index is -2.09. The predicted octanol–water partition coefficient (Wildman–Crippen LogP) is 6.17. The molecule has 0 aliphatic carbocycles. The summed E-state index contributed by atoms with van der Waals surface area (Å²) in [4.78, 5) is 21.6. The number of pyridine rings is 1. The Morgan fingerprint density at radius 3 is 2.64 bits per heavy atom. The number of rotatable bonds is 9. The molecule has 1 aromatic carbocycles. The molecule has 1 aliphatic rings. The molecular formula is C30H41ClFN7O2Si. The number of halogens is 2. The molecule has 0 saturated carbocycles. The highest BCUT2D eigenvalue weighted by Crippen LogP contribution is 2.38. The van der Waals surface area contributed by atoms with Gasteiger partial charge in [-0.25, -0.2) is 9.37 Å². The molecule has 9 nitrogen and oxygen atoms in total. The van der Waals surface area contributed by atoms with Crippen LogP contribution in [-0.4, -0.2) is 79.0 Å². The average molecular weight is 614 g/mol. The van der Waals surface area contributed by atoms with Gasteiger partial charge in [-0.15, -0.1) is 5.10 Å². The quantitative estimate of drug-likeness (QED) is 0.277. The highest BCUT2D eigenvalue weighted by Gasteiger charge is 2.37. The second-order valence-electron chi connectivity index (χ2n) is 12.3. The average Bonchev–Trinajstić information content (AvgIpc) is 3.12. The van der Waals surface area contributed by atoms with Gasteiger partial charge in [-0.1, -0.05) is 32.4 Å². The largest absolute Gasteiger partial charge is 0.411 e. The van der Waals surface area contributed by atoms with Gasteiger partial charge in [0.2, 0.25) is 5.91 Å². The Hall–Kier alpha value is -2.96. The number of carbonyl (C=O) groups excluding carboxylic acids is 1. The van der Waals surface area contributed by atoms with Crippen LogP contribution in [0.25, 0.3) is 11.3 Å². The Labute approximate surface area is 254 Å². The van der Waals surface area contributed by atoms with Crippen LogP contribution in [0.3, 0.4) is 0 Å². The van der Waals surface area contributed by atoms with Crippen LogP contribution < -0.4 is 10.6 Å². The first-order chi connectivity index (χ1) is 19.8. The number of nitrogens with one attached hydrogen (secondary N) is 2. The summed E-state index contributed by atoms with van der Waals surface area (Å²) in [7, 11) is 0.0141. The number of likely N-dealkylation sites (N-methyl/N-ethyl adjacent to an activating group) is 1. The van der Waals surface area contributed by atoms with Crippen LogP contribution in [-0.2, 0) is 15.8 Å². The number of carbonyl (C=O) groups is 1. The van der Waals surface area contributed by atoms with Crippen LogP contribution in [0.1, 0.15) is 32.9 Å². The van der Waals surface area contributed by atoms with Crippen molar-refractivity contribution in [1.82, 2.24) is 25.0 Å². The third-order valence-electron chi connectivity index (χ3n) is 7.94. The Balaban J connectivity index is 1.56. The lowest BCUT2D eigenvalue weighted by atomic mass is 10.1. The third-order valence-corrected chi connectivity index (χ3v) is 12.6. The van der Waals surface area contributed by atoms with E-state index in [0.717, 1.165) is 32.6 Å². The third kappa shape index (κ3) is 8.54. The maximum absolute atomic E-state index is 14.7. The number of hydrogen-bond donors (Lipinski definition) is 2. The van der Waals surface area contributed by atoms with Gasteiger partial charge in [-0.3, -0.25) is 9.69 Å². The summed E-state index contributed by atoms with van der Waals surface area (Å²) in [5.74, 6) is -0.133. The van der Waals surface area contributed by atoms with Crippen molar-refractivity contribution in [2.75, 3.05) is 50.4 Å². The summed E-state index contributed by atoms with van der Waals surface area (Å²) in [5, 5.41) is 15.4. The van der Waals surface area contributed by atoms with Crippen LogP contribution in [0.5, 0.6) is 0 Å². The number of amides is 1. The normalized spacial score (nSPS) is 15.3. The molecule has 1 aliphatic heterocycles. The van der Waals surface area contributed by atoms with E-state index in [4.69, 9.17) is 16.0 Å². The number of nitrogens with zero attached hydrogens (tertiary/aromatic N) is 5. The Morgan fingerprint density at radius 1 is 1.10 bits per heavy atom. The zero-order valence-corrected chi connectivity index (χ0v) is 27.1. The highest BCUT2D eigenvalue weighted by atomic mass is 35.5. The summed E-state index contributed by atoms with van der Waals surface area (Å²) in [6.45, 7) is 15.1. The number of benzene rings is 1. The summed E-state index contributed by atoms with van der Waals surface area (Å²) in [6.07, 6.45) is 2.65. The summed E-state index contributed by atoms with van der Waals surface area (Å²) < 4.78 is 21.1. The first-order valence-corrected chi connectivity index (χ1v) is 17.5. The van der Waals surface area contributed by atoms with E-state index in [0.29, 0.717) is 40.1 Å². The van der Waals surface area contributed by atoms with Crippen molar-refractivity contribution in [1.29, 1.82) is 0 Å². The van der Waals surface area contributed by atoms with Crippen molar-refractivity contribution in [3.8, 4) is 11.3 Å². The van der Waals surface area contributed by atoms with E-state index in [1.165, 1.54) is 18.2 Å². The molecule has 42 heavy (non-hydrogen) atoms. The van der Waals surface area contributed by atoms with Gasteiger partial charge in [-0.2, -0.15) is 5.10 Å². The second kappa shape index (κ2) is 13.6. The number of aromatic nitrogens is 3. The summed E-state index contributed by atoms with van der Waals surface area (Å²) >= 11 is 6.15. The zero-order valence-electron chi connectivity index (χ0n) is 25.3. The molecule has 0 radical (unpaired) electrons. The van der Waals surface area contributed by atoms with E-state index in [-0.39, 0.29) is 23.1 Å². The van der Waals surface area contributed by atoms with Gasteiger partial charge < -0.3 is 20.0 Å². The van der Waals surface area contributed by atoms with Gasteiger partial charge in [0.15, 0.2) is 8.32 Å².